The third kappa shape index (κ3) is 1.84. The van der Waals surface area contributed by atoms with Gasteiger partial charge in [0, 0.05) is 22.5 Å². The number of aliphatic hydroxyl groups excluding tert-OH is 3. The molecular weight excluding hydrogens is 320 g/mol. The Morgan fingerprint density at radius 2 is 1.68 bits per heavy atom. The molecule has 2 saturated carbocycles. The normalized spacial score (nSPS) is 55.2. The molecule has 2 fully saturated rings. The minimum absolute atomic E-state index is 0.0758. The Hall–Kier alpha value is -1.04. The third-order valence-corrected chi connectivity index (χ3v) is 8.16. The van der Waals surface area contributed by atoms with Crippen molar-refractivity contribution < 1.29 is 24.9 Å². The van der Waals surface area contributed by atoms with Crippen LogP contribution in [0.3, 0.4) is 0 Å². The molecule has 4 aliphatic rings. The van der Waals surface area contributed by atoms with Gasteiger partial charge in [-0.15, -0.1) is 0 Å². The van der Waals surface area contributed by atoms with Gasteiger partial charge in [-0.2, -0.15) is 0 Å². The maximum absolute atomic E-state index is 13.2. The Labute approximate surface area is 148 Å². The van der Waals surface area contributed by atoms with Gasteiger partial charge < -0.3 is 15.3 Å². The fraction of sp³-hybridized carbons (Fsp3) is 0.800. The molecule has 0 aliphatic heterocycles. The molecule has 3 N–H and O–H groups in total. The molecule has 0 radical (unpaired) electrons. The SMILES string of the molecule is C[C@@H]1[C@H]2[C@H](O)[C@@H](O)C3=C(C(=O)[C@@H](O)[C@@]4(C[C@@H]4C)C3=O)[C@@]2(C)CC[C@H]1C. The van der Waals surface area contributed by atoms with Crippen molar-refractivity contribution in [3.63, 3.8) is 0 Å². The highest BCUT2D eigenvalue weighted by atomic mass is 16.3. The first-order chi connectivity index (χ1) is 11.6. The molecule has 9 atom stereocenters. The second kappa shape index (κ2) is 5.02. The minimum atomic E-state index is -1.34. The van der Waals surface area contributed by atoms with Gasteiger partial charge in [0.2, 0.25) is 0 Å². The Morgan fingerprint density at radius 1 is 1.08 bits per heavy atom. The van der Waals surface area contributed by atoms with Crippen LogP contribution in [0.1, 0.15) is 47.0 Å². The van der Waals surface area contributed by atoms with E-state index >= 15 is 0 Å². The first-order valence-corrected chi connectivity index (χ1v) is 9.47. The summed E-state index contributed by atoms with van der Waals surface area (Å²) in [5, 5.41) is 32.3. The van der Waals surface area contributed by atoms with Gasteiger partial charge in [-0.3, -0.25) is 9.59 Å². The van der Waals surface area contributed by atoms with Crippen molar-refractivity contribution in [3.05, 3.63) is 11.1 Å². The van der Waals surface area contributed by atoms with Crippen molar-refractivity contribution in [2.75, 3.05) is 0 Å². The molecule has 5 heteroatoms. The van der Waals surface area contributed by atoms with Crippen LogP contribution in [0.25, 0.3) is 0 Å². The maximum atomic E-state index is 13.2. The Balaban J connectivity index is 1.93. The van der Waals surface area contributed by atoms with Crippen LogP contribution in [0.4, 0.5) is 0 Å². The first kappa shape index (κ1) is 17.4. The molecule has 5 nitrogen and oxygen atoms in total. The summed E-state index contributed by atoms with van der Waals surface area (Å²) in [4.78, 5) is 26.3. The number of ketones is 2. The molecule has 0 saturated heterocycles. The Bertz CT molecular complexity index is 696. The van der Waals surface area contributed by atoms with Gasteiger partial charge in [0.15, 0.2) is 11.6 Å². The number of carbonyl (C=O) groups excluding carboxylic acids is 2. The number of carbonyl (C=O) groups is 2. The molecule has 4 rings (SSSR count). The molecule has 4 aliphatic carbocycles. The van der Waals surface area contributed by atoms with Gasteiger partial charge in [0.05, 0.1) is 11.5 Å². The summed E-state index contributed by atoms with van der Waals surface area (Å²) in [5.41, 5.74) is -1.36. The van der Waals surface area contributed by atoms with Gasteiger partial charge in [-0.25, -0.2) is 0 Å². The van der Waals surface area contributed by atoms with Crippen LogP contribution in [0.5, 0.6) is 0 Å². The van der Waals surface area contributed by atoms with E-state index < -0.39 is 34.9 Å². The molecular formula is C20H28O5. The zero-order valence-corrected chi connectivity index (χ0v) is 15.3. The van der Waals surface area contributed by atoms with E-state index in [1.165, 1.54) is 0 Å². The molecule has 0 bridgehead atoms. The highest BCUT2D eigenvalue weighted by Crippen LogP contribution is 2.65. The Kier molecular flexibility index (Phi) is 3.49. The summed E-state index contributed by atoms with van der Waals surface area (Å²) in [6.07, 6.45) is -1.67. The fourth-order valence-corrected chi connectivity index (χ4v) is 6.25. The van der Waals surface area contributed by atoms with Crippen molar-refractivity contribution in [1.29, 1.82) is 0 Å². The third-order valence-electron chi connectivity index (χ3n) is 8.16. The summed E-state index contributed by atoms with van der Waals surface area (Å²) in [5.74, 6) is -0.601. The van der Waals surface area contributed by atoms with E-state index in [4.69, 9.17) is 0 Å². The summed E-state index contributed by atoms with van der Waals surface area (Å²) in [6, 6.07) is 0. The molecule has 0 aromatic heterocycles. The molecule has 1 spiro atoms. The molecule has 25 heavy (non-hydrogen) atoms. The van der Waals surface area contributed by atoms with Crippen LogP contribution >= 0.6 is 0 Å². The predicted octanol–water partition coefficient (Wildman–Crippen LogP) is 1.25. The number of hydrogen-bond acceptors (Lipinski definition) is 5. The molecule has 0 unspecified atom stereocenters. The highest BCUT2D eigenvalue weighted by Gasteiger charge is 2.71. The molecule has 0 aromatic carbocycles. The van der Waals surface area contributed by atoms with Crippen LogP contribution in [0.2, 0.25) is 0 Å². The fourth-order valence-electron chi connectivity index (χ4n) is 6.25. The summed E-state index contributed by atoms with van der Waals surface area (Å²) >= 11 is 0. The first-order valence-electron chi connectivity index (χ1n) is 9.47. The second-order valence-corrected chi connectivity index (χ2v) is 9.28. The van der Waals surface area contributed by atoms with E-state index in [0.29, 0.717) is 24.3 Å². The van der Waals surface area contributed by atoms with Crippen molar-refractivity contribution >= 4 is 11.6 Å². The zero-order valence-electron chi connectivity index (χ0n) is 15.3. The molecule has 0 amide bonds. The van der Waals surface area contributed by atoms with Crippen LogP contribution in [-0.4, -0.2) is 45.2 Å². The quantitative estimate of drug-likeness (QED) is 0.612. The van der Waals surface area contributed by atoms with Gasteiger partial charge in [0.25, 0.3) is 0 Å². The lowest BCUT2D eigenvalue weighted by Crippen LogP contribution is -2.61. The predicted molar refractivity (Wildman–Crippen MR) is 90.4 cm³/mol. The van der Waals surface area contributed by atoms with E-state index in [-0.39, 0.29) is 29.1 Å². The topological polar surface area (TPSA) is 94.8 Å². The van der Waals surface area contributed by atoms with Crippen molar-refractivity contribution in [3.8, 4) is 0 Å². The van der Waals surface area contributed by atoms with Crippen LogP contribution in [0.15, 0.2) is 11.1 Å². The monoisotopic (exact) mass is 348 g/mol. The number of hydrogen-bond donors (Lipinski definition) is 3. The number of fused-ring (bicyclic) bond motifs is 2. The van der Waals surface area contributed by atoms with Gasteiger partial charge in [-0.1, -0.05) is 27.7 Å². The van der Waals surface area contributed by atoms with Crippen LogP contribution < -0.4 is 0 Å². The molecule has 0 heterocycles. The summed E-state index contributed by atoms with van der Waals surface area (Å²) in [6.45, 7) is 7.94. The maximum Gasteiger partial charge on any atom is 0.189 e. The van der Waals surface area contributed by atoms with Crippen LogP contribution in [0, 0.1) is 34.5 Å². The summed E-state index contributed by atoms with van der Waals surface area (Å²) in [7, 11) is 0. The zero-order chi connectivity index (χ0) is 18.5. The van der Waals surface area contributed by atoms with Crippen molar-refractivity contribution in [2.24, 2.45) is 34.5 Å². The standard InChI is InChI=1S/C20H28O5/c1-8-5-6-19(4)12(10(8)3)15(22)14(21)11-13(19)16(23)18(25)20(17(11)24)7-9(20)2/h8-10,12,14-15,18,21-22,25H,5-7H2,1-4H3/t8-,9+,10+,12+,14+,15+,18-,19+,20-/m1/s1. The minimum Gasteiger partial charge on any atom is -0.390 e. The lowest BCUT2D eigenvalue weighted by Gasteiger charge is -2.56. The lowest BCUT2D eigenvalue weighted by atomic mass is 9.48. The largest absolute Gasteiger partial charge is 0.390 e. The van der Waals surface area contributed by atoms with E-state index in [1.807, 2.05) is 20.8 Å². The number of rotatable bonds is 0. The van der Waals surface area contributed by atoms with Crippen molar-refractivity contribution in [1.82, 2.24) is 0 Å². The number of aliphatic hydroxyl groups is 3. The average Bonchev–Trinajstić information content (AvgIpc) is 3.23. The van der Waals surface area contributed by atoms with E-state index in [9.17, 15) is 24.9 Å². The second-order valence-electron chi connectivity index (χ2n) is 9.28. The highest BCUT2D eigenvalue weighted by molar-refractivity contribution is 6.19. The van der Waals surface area contributed by atoms with Crippen LogP contribution in [-0.2, 0) is 9.59 Å². The average molecular weight is 348 g/mol. The smallest absolute Gasteiger partial charge is 0.189 e. The van der Waals surface area contributed by atoms with E-state index in [2.05, 4.69) is 6.92 Å². The number of Topliss-reactive ketones (excluding diaryl/α,β-unsaturated/α-hetero) is 2. The lowest BCUT2D eigenvalue weighted by molar-refractivity contribution is -0.150. The van der Waals surface area contributed by atoms with Gasteiger partial charge in [-0.05, 0) is 37.0 Å². The van der Waals surface area contributed by atoms with E-state index in [1.54, 1.807) is 0 Å². The Morgan fingerprint density at radius 3 is 2.24 bits per heavy atom. The van der Waals surface area contributed by atoms with Gasteiger partial charge in [0.1, 0.15) is 12.2 Å². The molecule has 0 aromatic rings. The van der Waals surface area contributed by atoms with Gasteiger partial charge >= 0.3 is 0 Å². The summed E-state index contributed by atoms with van der Waals surface area (Å²) < 4.78 is 0. The van der Waals surface area contributed by atoms with Crippen molar-refractivity contribution in [2.45, 2.75) is 65.3 Å². The van der Waals surface area contributed by atoms with E-state index in [0.717, 1.165) is 6.42 Å². The molecule has 138 valence electrons.